The highest BCUT2D eigenvalue weighted by molar-refractivity contribution is 7.86. The summed E-state index contributed by atoms with van der Waals surface area (Å²) in [4.78, 5) is -0.786. The molecule has 0 aromatic heterocycles. The normalized spacial score (nSPS) is 12.6. The first-order valence-corrected chi connectivity index (χ1v) is 8.08. The van der Waals surface area contributed by atoms with E-state index < -0.39 is 25.1 Å². The quantitative estimate of drug-likeness (QED) is 0.820. The van der Waals surface area contributed by atoms with E-state index in [4.69, 9.17) is 13.8 Å². The van der Waals surface area contributed by atoms with Gasteiger partial charge in [0.1, 0.15) is 10.6 Å². The van der Waals surface area contributed by atoms with Gasteiger partial charge in [-0.25, -0.2) is 0 Å². The molecular weight excluding hydrogens is 308 g/mol. The monoisotopic (exact) mass is 318 g/mol. The number of hydrogen-bond donors (Lipinski definition) is 2. The van der Waals surface area contributed by atoms with Gasteiger partial charge in [-0.1, -0.05) is 6.07 Å². The number of methoxy groups -OCH3 is 1. The van der Waals surface area contributed by atoms with E-state index >= 15 is 0 Å². The summed E-state index contributed by atoms with van der Waals surface area (Å²) in [6.07, 6.45) is 0. The summed E-state index contributed by atoms with van der Waals surface area (Å²) in [5.41, 5.74) is 0. The van der Waals surface area contributed by atoms with Gasteiger partial charge in [0.15, 0.2) is 0 Å². The molecule has 20 heavy (non-hydrogen) atoms. The fourth-order valence-corrected chi connectivity index (χ4v) is 3.04. The van der Waals surface area contributed by atoms with Gasteiger partial charge in [0, 0.05) is 10.8 Å². The van der Waals surface area contributed by atoms with Gasteiger partial charge in [-0.05, 0) is 24.3 Å². The minimum atomic E-state index is -4.47. The van der Waals surface area contributed by atoms with Crippen molar-refractivity contribution in [3.05, 3.63) is 30.3 Å². The van der Waals surface area contributed by atoms with Gasteiger partial charge in [0.2, 0.25) is 0 Å². The van der Waals surface area contributed by atoms with Crippen molar-refractivity contribution in [3.8, 4) is 5.75 Å². The molecule has 0 heterocycles. The molecule has 7 nitrogen and oxygen atoms in total. The Labute approximate surface area is 115 Å². The molecule has 9 heteroatoms. The molecule has 0 unspecified atom stereocenters. The van der Waals surface area contributed by atoms with Crippen LogP contribution in [0.2, 0.25) is 0 Å². The zero-order chi connectivity index (χ0) is 15.1. The van der Waals surface area contributed by atoms with Crippen molar-refractivity contribution in [2.45, 2.75) is 9.79 Å². The highest BCUT2D eigenvalue weighted by atomic mass is 32.2. The minimum Gasteiger partial charge on any atom is -0.496 e. The van der Waals surface area contributed by atoms with E-state index in [1.807, 2.05) is 0 Å². The van der Waals surface area contributed by atoms with Crippen LogP contribution in [0.3, 0.4) is 0 Å². The molecule has 0 aliphatic carbocycles. The molecule has 0 bridgehead atoms. The third-order valence-electron chi connectivity index (χ3n) is 2.70. The third kappa shape index (κ3) is 2.61. The summed E-state index contributed by atoms with van der Waals surface area (Å²) >= 11 is 0. The minimum absolute atomic E-state index is 0.0826. The second kappa shape index (κ2) is 4.70. The van der Waals surface area contributed by atoms with E-state index in [-0.39, 0.29) is 21.4 Å². The van der Waals surface area contributed by atoms with Crippen molar-refractivity contribution in [3.63, 3.8) is 0 Å². The van der Waals surface area contributed by atoms with E-state index in [0.29, 0.717) is 0 Å². The van der Waals surface area contributed by atoms with Crippen molar-refractivity contribution >= 4 is 31.0 Å². The van der Waals surface area contributed by atoms with Crippen LogP contribution in [0, 0.1) is 0 Å². The molecule has 0 radical (unpaired) electrons. The smallest absolute Gasteiger partial charge is 0.295 e. The van der Waals surface area contributed by atoms with Gasteiger partial charge in [0.25, 0.3) is 20.2 Å². The van der Waals surface area contributed by atoms with Crippen LogP contribution >= 0.6 is 0 Å². The van der Waals surface area contributed by atoms with E-state index in [1.165, 1.54) is 19.2 Å². The molecule has 0 aliphatic rings. The predicted molar refractivity (Wildman–Crippen MR) is 70.1 cm³/mol. The Morgan fingerprint density at radius 3 is 2.05 bits per heavy atom. The van der Waals surface area contributed by atoms with Crippen molar-refractivity contribution in [1.29, 1.82) is 0 Å². The predicted octanol–water partition coefficient (Wildman–Crippen LogP) is 1.34. The van der Waals surface area contributed by atoms with Crippen LogP contribution in [-0.4, -0.2) is 33.1 Å². The van der Waals surface area contributed by atoms with Crippen molar-refractivity contribution in [1.82, 2.24) is 0 Å². The largest absolute Gasteiger partial charge is 0.496 e. The Balaban J connectivity index is 2.94. The molecule has 2 N–H and O–H groups in total. The first kappa shape index (κ1) is 14.7. The van der Waals surface area contributed by atoms with Gasteiger partial charge in [-0.15, -0.1) is 0 Å². The van der Waals surface area contributed by atoms with Gasteiger partial charge in [-0.3, -0.25) is 9.11 Å². The van der Waals surface area contributed by atoms with Gasteiger partial charge in [-0.2, -0.15) is 16.8 Å². The Hall–Kier alpha value is -1.68. The maximum atomic E-state index is 11.3. The zero-order valence-electron chi connectivity index (χ0n) is 10.1. The Kier molecular flexibility index (Phi) is 3.46. The Bertz CT molecular complexity index is 882. The maximum absolute atomic E-state index is 11.3. The second-order valence-electron chi connectivity index (χ2n) is 3.92. The SMILES string of the molecule is COc1ccc(S(=O)(=O)O)c2ccc(S(=O)(=O)O)cc12. The van der Waals surface area contributed by atoms with Crippen molar-refractivity contribution in [2.75, 3.05) is 7.11 Å². The molecule has 0 amide bonds. The van der Waals surface area contributed by atoms with Gasteiger partial charge in [0.05, 0.1) is 12.0 Å². The lowest BCUT2D eigenvalue weighted by atomic mass is 10.1. The molecule has 2 aromatic rings. The second-order valence-corrected chi connectivity index (χ2v) is 6.73. The van der Waals surface area contributed by atoms with E-state index in [2.05, 4.69) is 0 Å². The summed E-state index contributed by atoms with van der Waals surface area (Å²) in [7, 11) is -7.58. The first-order chi connectivity index (χ1) is 9.14. The molecular formula is C11H10O7S2. The third-order valence-corrected chi connectivity index (χ3v) is 4.47. The fraction of sp³-hybridized carbons (Fsp3) is 0.0909. The molecule has 0 atom stereocenters. The van der Waals surface area contributed by atoms with Crippen LogP contribution in [0.25, 0.3) is 10.8 Å². The summed E-state index contributed by atoms with van der Waals surface area (Å²) in [6.45, 7) is 0. The van der Waals surface area contributed by atoms with Crippen molar-refractivity contribution in [2.24, 2.45) is 0 Å². The first-order valence-electron chi connectivity index (χ1n) is 5.20. The van der Waals surface area contributed by atoms with E-state index in [0.717, 1.165) is 18.2 Å². The number of benzene rings is 2. The van der Waals surface area contributed by atoms with Crippen LogP contribution in [0.15, 0.2) is 40.1 Å². The highest BCUT2D eigenvalue weighted by Crippen LogP contribution is 2.32. The number of fused-ring (bicyclic) bond motifs is 1. The van der Waals surface area contributed by atoms with Gasteiger partial charge >= 0.3 is 0 Å². The maximum Gasteiger partial charge on any atom is 0.295 e. The average Bonchev–Trinajstić information content (AvgIpc) is 2.34. The number of hydrogen-bond acceptors (Lipinski definition) is 5. The molecule has 0 fully saturated rings. The molecule has 108 valence electrons. The van der Waals surface area contributed by atoms with Crippen LogP contribution in [0.1, 0.15) is 0 Å². The van der Waals surface area contributed by atoms with Crippen LogP contribution in [0.5, 0.6) is 5.75 Å². The van der Waals surface area contributed by atoms with Crippen LogP contribution in [-0.2, 0) is 20.2 Å². The van der Waals surface area contributed by atoms with Crippen LogP contribution in [0.4, 0.5) is 0 Å². The Morgan fingerprint density at radius 1 is 0.900 bits per heavy atom. The fourth-order valence-electron chi connectivity index (χ4n) is 1.84. The lowest BCUT2D eigenvalue weighted by Gasteiger charge is -2.09. The van der Waals surface area contributed by atoms with E-state index in [1.54, 1.807) is 0 Å². The highest BCUT2D eigenvalue weighted by Gasteiger charge is 2.18. The van der Waals surface area contributed by atoms with Crippen molar-refractivity contribution < 1.29 is 30.7 Å². The summed E-state index contributed by atoms with van der Waals surface area (Å²) in [5, 5.41) is 0.219. The summed E-state index contributed by atoms with van der Waals surface area (Å²) < 4.78 is 67.9. The molecule has 2 aromatic carbocycles. The average molecular weight is 318 g/mol. The molecule has 2 rings (SSSR count). The molecule has 0 aliphatic heterocycles. The number of rotatable bonds is 3. The van der Waals surface area contributed by atoms with Gasteiger partial charge < -0.3 is 4.74 Å². The zero-order valence-corrected chi connectivity index (χ0v) is 11.8. The molecule has 0 saturated carbocycles. The lowest BCUT2D eigenvalue weighted by Crippen LogP contribution is -2.02. The van der Waals surface area contributed by atoms with E-state index in [9.17, 15) is 16.8 Å². The molecule has 0 saturated heterocycles. The summed E-state index contributed by atoms with van der Waals surface area (Å²) in [6, 6.07) is 5.69. The Morgan fingerprint density at radius 2 is 1.55 bits per heavy atom. The lowest BCUT2D eigenvalue weighted by molar-refractivity contribution is 0.419. The standard InChI is InChI=1S/C11H10O7S2/c1-18-10-4-5-11(20(15,16)17)8-3-2-7(6-9(8)10)19(12,13)14/h2-6H,1H3,(H,12,13,14)(H,15,16,17). The summed E-state index contributed by atoms with van der Waals surface area (Å²) in [5.74, 6) is 0.206. The topological polar surface area (TPSA) is 118 Å². The number of ether oxygens (including phenoxy) is 1. The van der Waals surface area contributed by atoms with Crippen LogP contribution < -0.4 is 4.74 Å². The molecule has 0 spiro atoms.